The van der Waals surface area contributed by atoms with Gasteiger partial charge in [-0.15, -0.1) is 0 Å². The van der Waals surface area contributed by atoms with Gasteiger partial charge in [-0.2, -0.15) is 0 Å². The molecule has 1 aliphatic heterocycles. The van der Waals surface area contributed by atoms with Crippen LogP contribution in [-0.2, 0) is 13.8 Å². The minimum atomic E-state index is -3.56. The van der Waals surface area contributed by atoms with Crippen LogP contribution in [0.15, 0.2) is 0 Å². The van der Waals surface area contributed by atoms with Gasteiger partial charge < -0.3 is 4.90 Å². The molecule has 0 aromatic heterocycles. The summed E-state index contributed by atoms with van der Waals surface area (Å²) in [5, 5.41) is -0.692. The second-order valence-corrected chi connectivity index (χ2v) is 6.49. The van der Waals surface area contributed by atoms with Gasteiger partial charge in [-0.3, -0.25) is 4.79 Å². The Kier molecular flexibility index (Phi) is 2.03. The molecule has 6 heteroatoms. The molecular formula is C7H10ClNO3S. The lowest BCUT2D eigenvalue weighted by Crippen LogP contribution is -2.29. The standard InChI is InChI=1S/C7H10ClNO3S/c8-13(11,12)6-3-7(10)9(4-6)5-1-2-5/h5-6H,1-4H2/t6-/m0/s1. The molecule has 0 radical (unpaired) electrons. The molecule has 2 fully saturated rings. The molecule has 1 aliphatic carbocycles. The van der Waals surface area contributed by atoms with Gasteiger partial charge in [-0.05, 0) is 12.8 Å². The van der Waals surface area contributed by atoms with Crippen molar-refractivity contribution in [2.45, 2.75) is 30.6 Å². The molecule has 0 N–H and O–H groups in total. The van der Waals surface area contributed by atoms with E-state index in [2.05, 4.69) is 0 Å². The number of nitrogens with zero attached hydrogens (tertiary/aromatic N) is 1. The van der Waals surface area contributed by atoms with Crippen LogP contribution in [0.25, 0.3) is 0 Å². The molecule has 13 heavy (non-hydrogen) atoms. The van der Waals surface area contributed by atoms with Gasteiger partial charge in [0.25, 0.3) is 0 Å². The first-order valence-electron chi connectivity index (χ1n) is 4.21. The molecule has 1 amide bonds. The first-order chi connectivity index (χ1) is 5.98. The lowest BCUT2D eigenvalue weighted by molar-refractivity contribution is -0.128. The predicted molar refractivity (Wildman–Crippen MR) is 47.9 cm³/mol. The Hall–Kier alpha value is -0.290. The molecule has 0 aromatic carbocycles. The van der Waals surface area contributed by atoms with Crippen molar-refractivity contribution in [2.75, 3.05) is 6.54 Å². The zero-order valence-electron chi connectivity index (χ0n) is 6.94. The summed E-state index contributed by atoms with van der Waals surface area (Å²) in [6.07, 6.45) is 2.06. The maximum atomic E-state index is 11.3. The zero-order chi connectivity index (χ0) is 9.64. The highest BCUT2D eigenvalue weighted by Gasteiger charge is 2.43. The first kappa shape index (κ1) is 9.27. The Balaban J connectivity index is 2.10. The fourth-order valence-corrected chi connectivity index (χ4v) is 2.66. The van der Waals surface area contributed by atoms with Crippen LogP contribution in [0.4, 0.5) is 0 Å². The molecule has 1 atom stereocenters. The highest BCUT2D eigenvalue weighted by atomic mass is 35.7. The van der Waals surface area contributed by atoms with E-state index < -0.39 is 14.3 Å². The normalized spacial score (nSPS) is 29.8. The minimum absolute atomic E-state index is 0.0579. The molecule has 2 aliphatic rings. The molecular weight excluding hydrogens is 214 g/mol. The number of hydrogen-bond donors (Lipinski definition) is 0. The van der Waals surface area contributed by atoms with Gasteiger partial charge in [0.15, 0.2) is 0 Å². The van der Waals surface area contributed by atoms with Crippen LogP contribution >= 0.6 is 10.7 Å². The van der Waals surface area contributed by atoms with E-state index in [1.165, 1.54) is 0 Å². The fourth-order valence-electron chi connectivity index (χ4n) is 1.63. The number of hydrogen-bond acceptors (Lipinski definition) is 3. The van der Waals surface area contributed by atoms with Crippen molar-refractivity contribution in [1.29, 1.82) is 0 Å². The smallest absolute Gasteiger partial charge is 0.237 e. The highest BCUT2D eigenvalue weighted by molar-refractivity contribution is 8.14. The molecule has 0 unspecified atom stereocenters. The van der Waals surface area contributed by atoms with E-state index in [9.17, 15) is 13.2 Å². The first-order valence-corrected chi connectivity index (χ1v) is 6.58. The lowest BCUT2D eigenvalue weighted by Gasteiger charge is -2.13. The lowest BCUT2D eigenvalue weighted by atomic mass is 10.4. The van der Waals surface area contributed by atoms with Crippen molar-refractivity contribution in [1.82, 2.24) is 4.90 Å². The zero-order valence-corrected chi connectivity index (χ0v) is 8.51. The number of rotatable bonds is 2. The van der Waals surface area contributed by atoms with Crippen LogP contribution in [0.2, 0.25) is 0 Å². The van der Waals surface area contributed by atoms with E-state index in [0.29, 0.717) is 0 Å². The number of halogens is 1. The fraction of sp³-hybridized carbons (Fsp3) is 0.857. The molecule has 0 aromatic rings. The molecule has 0 spiro atoms. The van der Waals surface area contributed by atoms with Crippen molar-refractivity contribution >= 4 is 25.6 Å². The summed E-state index contributed by atoms with van der Waals surface area (Å²) in [5.41, 5.74) is 0. The molecule has 0 bridgehead atoms. The highest BCUT2D eigenvalue weighted by Crippen LogP contribution is 2.32. The Bertz CT molecular complexity index is 336. The topological polar surface area (TPSA) is 54.5 Å². The third-order valence-corrected chi connectivity index (χ3v) is 4.38. The molecule has 4 nitrogen and oxygen atoms in total. The van der Waals surface area contributed by atoms with Crippen LogP contribution in [0, 0.1) is 0 Å². The number of carbonyl (C=O) groups excluding carboxylic acids is 1. The summed E-state index contributed by atoms with van der Waals surface area (Å²) < 4.78 is 21.9. The molecule has 1 heterocycles. The Morgan fingerprint density at radius 3 is 2.38 bits per heavy atom. The van der Waals surface area contributed by atoms with Gasteiger partial charge in [-0.1, -0.05) is 0 Å². The Morgan fingerprint density at radius 1 is 1.38 bits per heavy atom. The van der Waals surface area contributed by atoms with Crippen molar-refractivity contribution < 1.29 is 13.2 Å². The number of likely N-dealkylation sites (tertiary alicyclic amines) is 1. The van der Waals surface area contributed by atoms with E-state index >= 15 is 0 Å². The molecule has 74 valence electrons. The summed E-state index contributed by atoms with van der Waals surface area (Å²) in [6, 6.07) is 0.288. The van der Waals surface area contributed by atoms with Crippen LogP contribution in [0.5, 0.6) is 0 Å². The largest absolute Gasteiger partial charge is 0.338 e. The molecule has 2 rings (SSSR count). The third kappa shape index (κ3) is 1.81. The van der Waals surface area contributed by atoms with Crippen LogP contribution in [-0.4, -0.2) is 37.1 Å². The van der Waals surface area contributed by atoms with E-state index in [-0.39, 0.29) is 24.9 Å². The van der Waals surface area contributed by atoms with Crippen LogP contribution in [0.3, 0.4) is 0 Å². The van der Waals surface area contributed by atoms with Gasteiger partial charge in [0.2, 0.25) is 15.0 Å². The van der Waals surface area contributed by atoms with Crippen molar-refractivity contribution in [3.63, 3.8) is 0 Å². The second-order valence-electron chi connectivity index (χ2n) is 3.58. The van der Waals surface area contributed by atoms with Gasteiger partial charge in [0.05, 0.1) is 0 Å². The van der Waals surface area contributed by atoms with Gasteiger partial charge in [0.1, 0.15) is 5.25 Å². The minimum Gasteiger partial charge on any atom is -0.338 e. The SMILES string of the molecule is O=C1C[C@H](S(=O)(=O)Cl)CN1C1CC1. The van der Waals surface area contributed by atoms with Crippen LogP contribution < -0.4 is 0 Å². The van der Waals surface area contributed by atoms with Gasteiger partial charge in [-0.25, -0.2) is 8.42 Å². The summed E-state index contributed by atoms with van der Waals surface area (Å²) in [7, 11) is 1.62. The van der Waals surface area contributed by atoms with E-state index in [0.717, 1.165) is 12.8 Å². The van der Waals surface area contributed by atoms with Crippen molar-refractivity contribution in [3.05, 3.63) is 0 Å². The maximum Gasteiger partial charge on any atom is 0.237 e. The summed E-state index contributed by atoms with van der Waals surface area (Å²) in [5.74, 6) is -0.0725. The van der Waals surface area contributed by atoms with Crippen LogP contribution in [0.1, 0.15) is 19.3 Å². The summed E-state index contributed by atoms with van der Waals surface area (Å²) >= 11 is 0. The Labute approximate surface area is 81.3 Å². The average Bonchev–Trinajstić information content (AvgIpc) is 2.73. The van der Waals surface area contributed by atoms with E-state index in [1.54, 1.807) is 4.90 Å². The van der Waals surface area contributed by atoms with E-state index in [4.69, 9.17) is 10.7 Å². The molecule has 1 saturated carbocycles. The predicted octanol–water partition coefficient (Wildman–Crippen LogP) is 0.318. The van der Waals surface area contributed by atoms with Gasteiger partial charge >= 0.3 is 0 Å². The number of amides is 1. The van der Waals surface area contributed by atoms with Crippen molar-refractivity contribution in [2.24, 2.45) is 0 Å². The maximum absolute atomic E-state index is 11.3. The van der Waals surface area contributed by atoms with Gasteiger partial charge in [0, 0.05) is 29.7 Å². The quantitative estimate of drug-likeness (QED) is 0.634. The Morgan fingerprint density at radius 2 is 2.00 bits per heavy atom. The summed E-state index contributed by atoms with van der Waals surface area (Å²) in [6.45, 7) is 0.287. The van der Waals surface area contributed by atoms with E-state index in [1.807, 2.05) is 0 Å². The third-order valence-electron chi connectivity index (χ3n) is 2.51. The number of carbonyl (C=O) groups is 1. The summed E-state index contributed by atoms with van der Waals surface area (Å²) in [4.78, 5) is 13.0. The monoisotopic (exact) mass is 223 g/mol. The average molecular weight is 224 g/mol. The second kappa shape index (κ2) is 2.85. The van der Waals surface area contributed by atoms with Crippen molar-refractivity contribution in [3.8, 4) is 0 Å². The molecule has 1 saturated heterocycles.